The molecule has 4 rings (SSSR count). The van der Waals surface area contributed by atoms with E-state index in [-0.39, 0.29) is 23.0 Å². The van der Waals surface area contributed by atoms with Crippen LogP contribution >= 0.6 is 0 Å². The van der Waals surface area contributed by atoms with E-state index in [4.69, 9.17) is 0 Å². The minimum absolute atomic E-state index is 0.177. The second-order valence-electron chi connectivity index (χ2n) is 10.6. The van der Waals surface area contributed by atoms with E-state index >= 15 is 0 Å². The zero-order valence-corrected chi connectivity index (χ0v) is 18.3. The molecule has 4 N–H and O–H groups in total. The predicted octanol–water partition coefficient (Wildman–Crippen LogP) is 4.47. The summed E-state index contributed by atoms with van der Waals surface area (Å²) in [5, 5.41) is 41.2. The first kappa shape index (κ1) is 22.5. The minimum Gasteiger partial charge on any atom is -0.393 e. The highest BCUT2D eigenvalue weighted by Gasteiger charge is 2.56. The number of hydrogen-bond donors (Lipinski definition) is 4. The average molecular weight is 397 g/mol. The second kappa shape index (κ2) is 8.53. The van der Waals surface area contributed by atoms with E-state index in [0.717, 1.165) is 77.0 Å². The van der Waals surface area contributed by atoms with E-state index in [1.54, 1.807) is 0 Å². The number of aliphatic hydroxyl groups excluding tert-OH is 2. The Labute approximate surface area is 171 Å². The minimum atomic E-state index is -0.558. The molecule has 0 aromatic rings. The Morgan fingerprint density at radius 1 is 0.464 bits per heavy atom. The van der Waals surface area contributed by atoms with Crippen LogP contribution in [0.3, 0.4) is 0 Å². The molecule has 0 aromatic heterocycles. The van der Waals surface area contributed by atoms with Crippen LogP contribution in [0.2, 0.25) is 0 Å². The van der Waals surface area contributed by atoms with Crippen molar-refractivity contribution in [2.24, 2.45) is 10.8 Å². The van der Waals surface area contributed by atoms with Gasteiger partial charge in [-0.05, 0) is 65.2 Å². The summed E-state index contributed by atoms with van der Waals surface area (Å²) in [7, 11) is 0. The first-order valence-electron chi connectivity index (χ1n) is 12.0. The van der Waals surface area contributed by atoms with Gasteiger partial charge in [-0.1, -0.05) is 51.4 Å². The summed E-state index contributed by atoms with van der Waals surface area (Å²) in [4.78, 5) is 0. The Morgan fingerprint density at radius 3 is 0.857 bits per heavy atom. The quantitative estimate of drug-likeness (QED) is 0.555. The summed E-state index contributed by atoms with van der Waals surface area (Å²) in [6, 6.07) is 0. The molecule has 164 valence electrons. The summed E-state index contributed by atoms with van der Waals surface area (Å²) in [6.45, 7) is 3.73. The number of aliphatic hydroxyl groups is 4. The lowest BCUT2D eigenvalue weighted by Gasteiger charge is -2.55. The number of hydrogen-bond acceptors (Lipinski definition) is 4. The van der Waals surface area contributed by atoms with Crippen LogP contribution in [0.25, 0.3) is 0 Å². The Bertz CT molecular complexity index is 443. The van der Waals surface area contributed by atoms with Crippen LogP contribution in [0.15, 0.2) is 0 Å². The first-order chi connectivity index (χ1) is 13.2. The molecule has 0 spiro atoms. The lowest BCUT2D eigenvalue weighted by atomic mass is 9.54. The van der Waals surface area contributed by atoms with Crippen molar-refractivity contribution < 1.29 is 20.4 Å². The molecule has 4 saturated carbocycles. The molecule has 0 aliphatic heterocycles. The normalized spacial score (nSPS) is 45.6. The van der Waals surface area contributed by atoms with E-state index in [2.05, 4.69) is 0 Å². The molecule has 4 fully saturated rings. The molecule has 0 heterocycles. The fourth-order valence-electron chi connectivity index (χ4n) is 7.47. The predicted molar refractivity (Wildman–Crippen MR) is 112 cm³/mol. The SMILES string of the molecule is CC(O)C12CCCCC1(O)CCCC2.CC(O)C12CCCCC1(O)CCCC2. The summed E-state index contributed by atoms with van der Waals surface area (Å²) < 4.78 is 0. The van der Waals surface area contributed by atoms with Gasteiger partial charge in [0.15, 0.2) is 0 Å². The average Bonchev–Trinajstić information content (AvgIpc) is 2.67. The van der Waals surface area contributed by atoms with Crippen molar-refractivity contribution in [2.45, 2.75) is 140 Å². The van der Waals surface area contributed by atoms with Crippen molar-refractivity contribution in [2.75, 3.05) is 0 Å². The highest BCUT2D eigenvalue weighted by molar-refractivity contribution is 5.07. The Hall–Kier alpha value is -0.160. The van der Waals surface area contributed by atoms with Gasteiger partial charge in [0.2, 0.25) is 0 Å². The van der Waals surface area contributed by atoms with E-state index < -0.39 is 11.2 Å². The van der Waals surface area contributed by atoms with E-state index in [1.807, 2.05) is 13.8 Å². The molecular weight excluding hydrogens is 352 g/mol. The monoisotopic (exact) mass is 396 g/mol. The number of rotatable bonds is 2. The van der Waals surface area contributed by atoms with Gasteiger partial charge in [-0.25, -0.2) is 0 Å². The van der Waals surface area contributed by atoms with Gasteiger partial charge in [0.1, 0.15) is 0 Å². The van der Waals surface area contributed by atoms with Gasteiger partial charge in [-0.2, -0.15) is 0 Å². The molecule has 28 heavy (non-hydrogen) atoms. The van der Waals surface area contributed by atoms with E-state index in [0.29, 0.717) is 0 Å². The van der Waals surface area contributed by atoms with Crippen LogP contribution in [0.1, 0.15) is 117 Å². The maximum absolute atomic E-state index is 10.7. The molecule has 0 saturated heterocycles. The van der Waals surface area contributed by atoms with Crippen LogP contribution < -0.4 is 0 Å². The lowest BCUT2D eigenvalue weighted by Crippen LogP contribution is -2.57. The maximum atomic E-state index is 10.7. The van der Waals surface area contributed by atoms with Gasteiger partial charge in [-0.15, -0.1) is 0 Å². The zero-order valence-electron chi connectivity index (χ0n) is 18.3. The van der Waals surface area contributed by atoms with Crippen LogP contribution in [0.4, 0.5) is 0 Å². The van der Waals surface area contributed by atoms with Crippen LogP contribution in [0, 0.1) is 10.8 Å². The van der Waals surface area contributed by atoms with E-state index in [1.165, 1.54) is 25.7 Å². The molecule has 4 nitrogen and oxygen atoms in total. The lowest BCUT2D eigenvalue weighted by molar-refractivity contribution is -0.186. The number of fused-ring (bicyclic) bond motifs is 2. The van der Waals surface area contributed by atoms with E-state index in [9.17, 15) is 20.4 Å². The molecule has 4 aliphatic rings. The molecule has 0 aromatic carbocycles. The highest BCUT2D eigenvalue weighted by atomic mass is 16.3. The van der Waals surface area contributed by atoms with Gasteiger partial charge in [0.05, 0.1) is 23.4 Å². The van der Waals surface area contributed by atoms with Gasteiger partial charge < -0.3 is 20.4 Å². The molecule has 4 aliphatic carbocycles. The van der Waals surface area contributed by atoms with Crippen molar-refractivity contribution in [3.05, 3.63) is 0 Å². The highest BCUT2D eigenvalue weighted by Crippen LogP contribution is 2.56. The topological polar surface area (TPSA) is 80.9 Å². The third kappa shape index (κ3) is 3.68. The molecule has 2 atom stereocenters. The standard InChI is InChI=1S/2C12H22O2/c2*1-10(13)11-6-2-4-8-12(11,14)9-5-3-7-11/h2*10,13-14H,2-9H2,1H3. The van der Waals surface area contributed by atoms with Crippen LogP contribution in [-0.2, 0) is 0 Å². The van der Waals surface area contributed by atoms with Gasteiger partial charge >= 0.3 is 0 Å². The van der Waals surface area contributed by atoms with Gasteiger partial charge in [0.25, 0.3) is 0 Å². The molecule has 0 radical (unpaired) electrons. The maximum Gasteiger partial charge on any atom is 0.0728 e. The van der Waals surface area contributed by atoms with Crippen molar-refractivity contribution in [1.82, 2.24) is 0 Å². The third-order valence-electron chi connectivity index (χ3n) is 9.31. The summed E-state index contributed by atoms with van der Waals surface area (Å²) in [5.74, 6) is 0. The molecule has 0 bridgehead atoms. The van der Waals surface area contributed by atoms with Crippen molar-refractivity contribution in [3.63, 3.8) is 0 Å². The second-order valence-corrected chi connectivity index (χ2v) is 10.6. The fraction of sp³-hybridized carbons (Fsp3) is 1.00. The van der Waals surface area contributed by atoms with Crippen molar-refractivity contribution in [3.8, 4) is 0 Å². The third-order valence-corrected chi connectivity index (χ3v) is 9.31. The van der Waals surface area contributed by atoms with Crippen molar-refractivity contribution in [1.29, 1.82) is 0 Å². The molecule has 0 amide bonds. The smallest absolute Gasteiger partial charge is 0.0728 e. The van der Waals surface area contributed by atoms with Gasteiger partial charge in [-0.3, -0.25) is 0 Å². The van der Waals surface area contributed by atoms with Gasteiger partial charge in [0, 0.05) is 10.8 Å². The largest absolute Gasteiger partial charge is 0.393 e. The summed E-state index contributed by atoms with van der Waals surface area (Å²) in [5.41, 5.74) is -1.47. The Kier molecular flexibility index (Phi) is 6.86. The Balaban J connectivity index is 0.000000161. The Morgan fingerprint density at radius 2 is 0.679 bits per heavy atom. The summed E-state index contributed by atoms with van der Waals surface area (Å²) in [6.07, 6.45) is 16.2. The van der Waals surface area contributed by atoms with Crippen LogP contribution in [0.5, 0.6) is 0 Å². The molecule has 4 heteroatoms. The zero-order chi connectivity index (χ0) is 20.5. The fourth-order valence-corrected chi connectivity index (χ4v) is 7.47. The van der Waals surface area contributed by atoms with Crippen molar-refractivity contribution >= 4 is 0 Å². The molecule has 2 unspecified atom stereocenters. The molecular formula is C24H44O4. The first-order valence-corrected chi connectivity index (χ1v) is 12.0. The van der Waals surface area contributed by atoms with Crippen LogP contribution in [-0.4, -0.2) is 43.8 Å². The summed E-state index contributed by atoms with van der Waals surface area (Å²) >= 11 is 0.